The molecule has 3 amide bonds. The van der Waals surface area contributed by atoms with Crippen molar-refractivity contribution in [1.29, 1.82) is 0 Å². The van der Waals surface area contributed by atoms with Gasteiger partial charge in [-0.3, -0.25) is 4.79 Å². The van der Waals surface area contributed by atoms with Crippen molar-refractivity contribution in [2.24, 2.45) is 16.7 Å². The van der Waals surface area contributed by atoms with Crippen LogP contribution < -0.4 is 10.6 Å². The number of rotatable bonds is 7. The summed E-state index contributed by atoms with van der Waals surface area (Å²) in [6.45, 7) is 12.0. The molecule has 0 radical (unpaired) electrons. The number of hydrogen-bond acceptors (Lipinski definition) is 5. The second-order valence-electron chi connectivity index (χ2n) is 10.7. The number of aldehydes is 1. The van der Waals surface area contributed by atoms with Gasteiger partial charge < -0.3 is 25.1 Å². The van der Waals surface area contributed by atoms with Crippen molar-refractivity contribution in [2.75, 3.05) is 13.2 Å². The maximum atomic E-state index is 13.1. The fourth-order valence-electron chi connectivity index (χ4n) is 3.52. The summed E-state index contributed by atoms with van der Waals surface area (Å²) in [5, 5.41) is 5.46. The molecule has 8 nitrogen and oxygen atoms in total. The van der Waals surface area contributed by atoms with Crippen LogP contribution >= 0.6 is 0 Å². The van der Waals surface area contributed by atoms with E-state index >= 15 is 0 Å². The summed E-state index contributed by atoms with van der Waals surface area (Å²) in [7, 11) is 0. The summed E-state index contributed by atoms with van der Waals surface area (Å²) in [4.78, 5) is 51.4. The van der Waals surface area contributed by atoms with E-state index < -0.39 is 41.0 Å². The average molecular weight is 424 g/mol. The van der Waals surface area contributed by atoms with Gasteiger partial charge in [-0.1, -0.05) is 41.5 Å². The number of ether oxygens (including phenoxy) is 1. The van der Waals surface area contributed by atoms with E-state index in [0.29, 0.717) is 25.5 Å². The average Bonchev–Trinajstić information content (AvgIpc) is 3.34. The van der Waals surface area contributed by atoms with Crippen molar-refractivity contribution >= 4 is 24.2 Å². The van der Waals surface area contributed by atoms with Gasteiger partial charge >= 0.3 is 12.0 Å². The van der Waals surface area contributed by atoms with Crippen molar-refractivity contribution in [3.8, 4) is 0 Å². The first-order valence-electron chi connectivity index (χ1n) is 10.8. The van der Waals surface area contributed by atoms with Gasteiger partial charge in [-0.05, 0) is 42.4 Å². The molecule has 2 aliphatic rings. The second kappa shape index (κ2) is 9.35. The highest BCUT2D eigenvalue weighted by atomic mass is 16.5. The molecule has 3 atom stereocenters. The first kappa shape index (κ1) is 24.2. The molecule has 8 heteroatoms. The molecule has 1 heterocycles. The summed E-state index contributed by atoms with van der Waals surface area (Å²) >= 11 is 0. The minimum Gasteiger partial charge on any atom is -0.464 e. The molecule has 2 fully saturated rings. The van der Waals surface area contributed by atoms with E-state index in [2.05, 4.69) is 10.6 Å². The molecule has 2 rings (SSSR count). The van der Waals surface area contributed by atoms with Crippen LogP contribution in [0.3, 0.4) is 0 Å². The molecule has 0 bridgehead atoms. The number of carbonyl (C=O) groups is 4. The van der Waals surface area contributed by atoms with E-state index in [1.165, 1.54) is 4.90 Å². The molecule has 0 aromatic rings. The molecule has 0 aromatic heterocycles. The molecule has 1 saturated carbocycles. The summed E-state index contributed by atoms with van der Waals surface area (Å²) < 4.78 is 5.39. The summed E-state index contributed by atoms with van der Waals surface area (Å²) in [5.41, 5.74) is -1.13. The van der Waals surface area contributed by atoms with Crippen LogP contribution in [-0.4, -0.2) is 60.4 Å². The molecule has 0 spiro atoms. The standard InChI is InChI=1S/C22H37N3O5/c1-21(2,3)16(18(27)25-11-7-8-15(25)12-26)23-20(29)24-17(22(4,5)6)19(28)30-13-14-9-10-14/h12,14-17H,7-11,13H2,1-6H3,(H2,23,24,29). The predicted molar refractivity (Wildman–Crippen MR) is 113 cm³/mol. The van der Waals surface area contributed by atoms with Gasteiger partial charge in [0.15, 0.2) is 0 Å². The van der Waals surface area contributed by atoms with E-state index in [1.807, 2.05) is 41.5 Å². The highest BCUT2D eigenvalue weighted by Gasteiger charge is 2.41. The Morgan fingerprint density at radius 1 is 1.00 bits per heavy atom. The molecular formula is C22H37N3O5. The predicted octanol–water partition coefficient (Wildman–Crippen LogP) is 2.26. The van der Waals surface area contributed by atoms with Gasteiger partial charge in [0, 0.05) is 6.54 Å². The van der Waals surface area contributed by atoms with Gasteiger partial charge in [-0.2, -0.15) is 0 Å². The normalized spacial score (nSPS) is 21.5. The Balaban J connectivity index is 2.08. The highest BCUT2D eigenvalue weighted by molar-refractivity contribution is 5.91. The van der Waals surface area contributed by atoms with E-state index in [0.717, 1.165) is 25.5 Å². The third kappa shape index (κ3) is 6.44. The van der Waals surface area contributed by atoms with Crippen molar-refractivity contribution in [3.63, 3.8) is 0 Å². The number of nitrogens with one attached hydrogen (secondary N) is 2. The van der Waals surface area contributed by atoms with Gasteiger partial charge in [-0.25, -0.2) is 9.59 Å². The van der Waals surface area contributed by atoms with Crippen molar-refractivity contribution < 1.29 is 23.9 Å². The van der Waals surface area contributed by atoms with Crippen LogP contribution in [0, 0.1) is 16.7 Å². The van der Waals surface area contributed by atoms with Crippen LogP contribution in [0.2, 0.25) is 0 Å². The maximum absolute atomic E-state index is 13.1. The lowest BCUT2D eigenvalue weighted by molar-refractivity contribution is -0.149. The Morgan fingerprint density at radius 3 is 2.07 bits per heavy atom. The zero-order valence-electron chi connectivity index (χ0n) is 19.1. The zero-order chi connectivity index (χ0) is 22.7. The van der Waals surface area contributed by atoms with Crippen molar-refractivity contribution in [2.45, 2.75) is 85.4 Å². The Kier molecular flexibility index (Phi) is 7.53. The summed E-state index contributed by atoms with van der Waals surface area (Å²) in [6.07, 6.45) is 4.31. The number of amides is 3. The molecule has 0 aromatic carbocycles. The molecule has 1 aliphatic carbocycles. The van der Waals surface area contributed by atoms with Gasteiger partial charge in [-0.15, -0.1) is 0 Å². The largest absolute Gasteiger partial charge is 0.464 e. The van der Waals surface area contributed by atoms with Crippen molar-refractivity contribution in [1.82, 2.24) is 15.5 Å². The zero-order valence-corrected chi connectivity index (χ0v) is 19.1. The molecule has 1 saturated heterocycles. The van der Waals surface area contributed by atoms with Gasteiger partial charge in [0.25, 0.3) is 0 Å². The highest BCUT2D eigenvalue weighted by Crippen LogP contribution is 2.30. The molecule has 30 heavy (non-hydrogen) atoms. The number of likely N-dealkylation sites (tertiary alicyclic amines) is 1. The first-order valence-corrected chi connectivity index (χ1v) is 10.8. The van der Waals surface area contributed by atoms with E-state index in [-0.39, 0.29) is 5.91 Å². The minimum atomic E-state index is -0.846. The van der Waals surface area contributed by atoms with Crippen LogP contribution in [0.5, 0.6) is 0 Å². The van der Waals surface area contributed by atoms with Crippen LogP contribution in [0.15, 0.2) is 0 Å². The second-order valence-corrected chi connectivity index (χ2v) is 10.7. The quantitative estimate of drug-likeness (QED) is 0.483. The number of urea groups is 1. The molecule has 170 valence electrons. The van der Waals surface area contributed by atoms with E-state index in [4.69, 9.17) is 4.74 Å². The fraction of sp³-hybridized carbons (Fsp3) is 0.818. The van der Waals surface area contributed by atoms with Gasteiger partial charge in [0.1, 0.15) is 18.4 Å². The number of nitrogens with zero attached hydrogens (tertiary/aromatic N) is 1. The van der Waals surface area contributed by atoms with Crippen LogP contribution in [0.25, 0.3) is 0 Å². The topological polar surface area (TPSA) is 105 Å². The third-order valence-corrected chi connectivity index (χ3v) is 5.66. The fourth-order valence-corrected chi connectivity index (χ4v) is 3.52. The van der Waals surface area contributed by atoms with E-state index in [9.17, 15) is 19.2 Å². The smallest absolute Gasteiger partial charge is 0.329 e. The monoisotopic (exact) mass is 423 g/mol. The van der Waals surface area contributed by atoms with Crippen molar-refractivity contribution in [3.05, 3.63) is 0 Å². The summed E-state index contributed by atoms with van der Waals surface area (Å²) in [6, 6.07) is -2.73. The Morgan fingerprint density at radius 2 is 1.57 bits per heavy atom. The Hall–Kier alpha value is -2.12. The molecule has 2 N–H and O–H groups in total. The number of carbonyl (C=O) groups excluding carboxylic acids is 4. The Labute approximate surface area is 179 Å². The number of esters is 1. The summed E-state index contributed by atoms with van der Waals surface area (Å²) in [5.74, 6) is -0.322. The van der Waals surface area contributed by atoms with Crippen LogP contribution in [0.4, 0.5) is 4.79 Å². The molecule has 1 aliphatic heterocycles. The lowest BCUT2D eigenvalue weighted by atomic mass is 9.85. The van der Waals surface area contributed by atoms with E-state index in [1.54, 1.807) is 0 Å². The lowest BCUT2D eigenvalue weighted by Gasteiger charge is -2.36. The Bertz CT molecular complexity index is 661. The van der Waals surface area contributed by atoms with Gasteiger partial charge in [0.2, 0.25) is 5.91 Å². The van der Waals surface area contributed by atoms with Crippen LogP contribution in [-0.2, 0) is 19.1 Å². The lowest BCUT2D eigenvalue weighted by Crippen LogP contribution is -2.60. The number of hydrogen-bond donors (Lipinski definition) is 2. The first-order chi connectivity index (χ1) is 13.8. The minimum absolute atomic E-state index is 0.282. The third-order valence-electron chi connectivity index (χ3n) is 5.66. The maximum Gasteiger partial charge on any atom is 0.329 e. The SMILES string of the molecule is CC(C)(C)C(NC(=O)NC(C(=O)N1CCCC1C=O)C(C)(C)C)C(=O)OCC1CC1. The molecule has 3 unspecified atom stereocenters. The van der Waals surface area contributed by atoms with Crippen LogP contribution in [0.1, 0.15) is 67.2 Å². The molecular weight excluding hydrogens is 386 g/mol. The van der Waals surface area contributed by atoms with Gasteiger partial charge in [0.05, 0.1) is 12.6 Å².